The van der Waals surface area contributed by atoms with E-state index in [2.05, 4.69) is 36.7 Å². The van der Waals surface area contributed by atoms with E-state index in [-0.39, 0.29) is 5.60 Å². The molecule has 1 aromatic rings. The van der Waals surface area contributed by atoms with E-state index in [1.807, 2.05) is 11.3 Å². The molecule has 2 nitrogen and oxygen atoms in total. The van der Waals surface area contributed by atoms with Crippen LogP contribution in [0.2, 0.25) is 0 Å². The maximum Gasteiger partial charge on any atom is 0.0692 e. The highest BCUT2D eigenvalue weighted by molar-refractivity contribution is 7.10. The summed E-state index contributed by atoms with van der Waals surface area (Å²) in [6.45, 7) is 5.45. The molecule has 1 aliphatic heterocycles. The predicted octanol–water partition coefficient (Wildman–Crippen LogP) is 4.53. The van der Waals surface area contributed by atoms with Crippen molar-refractivity contribution in [2.24, 2.45) is 5.92 Å². The van der Waals surface area contributed by atoms with Crippen molar-refractivity contribution in [3.05, 3.63) is 22.4 Å². The van der Waals surface area contributed by atoms with Crippen LogP contribution in [0.25, 0.3) is 0 Å². The zero-order valence-electron chi connectivity index (χ0n) is 12.7. The van der Waals surface area contributed by atoms with Gasteiger partial charge < -0.3 is 10.1 Å². The highest BCUT2D eigenvalue weighted by Crippen LogP contribution is 2.43. The van der Waals surface area contributed by atoms with Crippen LogP contribution in [-0.2, 0) is 4.74 Å². The van der Waals surface area contributed by atoms with Crippen LogP contribution in [-0.4, -0.2) is 18.2 Å². The maximum atomic E-state index is 6.11. The van der Waals surface area contributed by atoms with Gasteiger partial charge in [0.05, 0.1) is 5.60 Å². The number of hydrogen-bond acceptors (Lipinski definition) is 3. The van der Waals surface area contributed by atoms with Crippen LogP contribution >= 0.6 is 11.3 Å². The SMILES string of the molecule is CCC1(CC)CC(NC(c2cccs2)C2CC2)CCO1. The summed E-state index contributed by atoms with van der Waals surface area (Å²) in [5.74, 6) is 0.870. The minimum absolute atomic E-state index is 0.124. The lowest BCUT2D eigenvalue weighted by molar-refractivity contribution is -0.0943. The van der Waals surface area contributed by atoms with Crippen molar-refractivity contribution >= 4 is 11.3 Å². The Morgan fingerprint density at radius 2 is 2.15 bits per heavy atom. The van der Waals surface area contributed by atoms with E-state index in [9.17, 15) is 0 Å². The quantitative estimate of drug-likeness (QED) is 0.832. The Labute approximate surface area is 126 Å². The molecule has 0 radical (unpaired) electrons. The van der Waals surface area contributed by atoms with Gasteiger partial charge in [0.2, 0.25) is 0 Å². The minimum Gasteiger partial charge on any atom is -0.375 e. The van der Waals surface area contributed by atoms with Crippen molar-refractivity contribution in [2.75, 3.05) is 6.61 Å². The molecule has 2 atom stereocenters. The van der Waals surface area contributed by atoms with Gasteiger partial charge in [-0.3, -0.25) is 0 Å². The third-order valence-corrected chi connectivity index (χ3v) is 6.10. The maximum absolute atomic E-state index is 6.11. The van der Waals surface area contributed by atoms with Crippen LogP contribution in [0.15, 0.2) is 17.5 Å². The van der Waals surface area contributed by atoms with Gasteiger partial charge in [-0.25, -0.2) is 0 Å². The molecular formula is C17H27NOS. The molecule has 2 heterocycles. The summed E-state index contributed by atoms with van der Waals surface area (Å²) >= 11 is 1.91. The lowest BCUT2D eigenvalue weighted by Crippen LogP contribution is -2.47. The van der Waals surface area contributed by atoms with E-state index in [1.165, 1.54) is 24.1 Å². The number of hydrogen-bond donors (Lipinski definition) is 1. The van der Waals surface area contributed by atoms with Gasteiger partial charge in [-0.2, -0.15) is 0 Å². The number of nitrogens with one attached hydrogen (secondary N) is 1. The summed E-state index contributed by atoms with van der Waals surface area (Å²) in [6.07, 6.45) is 7.39. The first-order valence-electron chi connectivity index (χ1n) is 8.20. The molecule has 2 fully saturated rings. The van der Waals surface area contributed by atoms with Crippen LogP contribution in [0.3, 0.4) is 0 Å². The van der Waals surface area contributed by atoms with Gasteiger partial charge in [0.1, 0.15) is 0 Å². The highest BCUT2D eigenvalue weighted by atomic mass is 32.1. The van der Waals surface area contributed by atoms with Crippen molar-refractivity contribution in [2.45, 2.75) is 70.1 Å². The summed E-state index contributed by atoms with van der Waals surface area (Å²) in [5, 5.41) is 6.18. The van der Waals surface area contributed by atoms with Crippen LogP contribution < -0.4 is 5.32 Å². The van der Waals surface area contributed by atoms with E-state index in [1.54, 1.807) is 0 Å². The van der Waals surface area contributed by atoms with E-state index < -0.39 is 0 Å². The Hall–Kier alpha value is -0.380. The van der Waals surface area contributed by atoms with Crippen molar-refractivity contribution < 1.29 is 4.74 Å². The van der Waals surface area contributed by atoms with E-state index in [0.717, 1.165) is 31.8 Å². The average Bonchev–Trinajstić information content (AvgIpc) is 3.19. The summed E-state index contributed by atoms with van der Waals surface area (Å²) < 4.78 is 6.11. The lowest BCUT2D eigenvalue weighted by atomic mass is 9.85. The van der Waals surface area contributed by atoms with Gasteiger partial charge in [0.15, 0.2) is 0 Å². The fourth-order valence-electron chi connectivity index (χ4n) is 3.52. The predicted molar refractivity (Wildman–Crippen MR) is 85.2 cm³/mol. The fourth-order valence-corrected chi connectivity index (χ4v) is 4.39. The molecule has 1 aliphatic carbocycles. The largest absolute Gasteiger partial charge is 0.375 e. The van der Waals surface area contributed by atoms with E-state index >= 15 is 0 Å². The second kappa shape index (κ2) is 6.17. The van der Waals surface area contributed by atoms with Gasteiger partial charge in [-0.1, -0.05) is 19.9 Å². The first-order chi connectivity index (χ1) is 9.76. The Morgan fingerprint density at radius 3 is 2.75 bits per heavy atom. The summed E-state index contributed by atoms with van der Waals surface area (Å²) in [7, 11) is 0. The molecule has 0 bridgehead atoms. The first-order valence-corrected chi connectivity index (χ1v) is 9.07. The van der Waals surface area contributed by atoms with Crippen LogP contribution in [0.1, 0.15) is 63.3 Å². The average molecular weight is 293 g/mol. The number of ether oxygens (including phenoxy) is 1. The van der Waals surface area contributed by atoms with Gasteiger partial charge in [-0.05, 0) is 55.9 Å². The Bertz CT molecular complexity index is 409. The second-order valence-corrected chi connectivity index (χ2v) is 7.40. The summed E-state index contributed by atoms with van der Waals surface area (Å²) in [5.41, 5.74) is 0.124. The van der Waals surface area contributed by atoms with Gasteiger partial charge in [0, 0.05) is 23.6 Å². The molecule has 1 aromatic heterocycles. The van der Waals surface area contributed by atoms with Crippen molar-refractivity contribution in [1.82, 2.24) is 5.32 Å². The third-order valence-electron chi connectivity index (χ3n) is 5.14. The van der Waals surface area contributed by atoms with Gasteiger partial charge in [-0.15, -0.1) is 11.3 Å². The molecule has 2 unspecified atom stereocenters. The molecule has 3 rings (SSSR count). The van der Waals surface area contributed by atoms with Gasteiger partial charge >= 0.3 is 0 Å². The van der Waals surface area contributed by atoms with Crippen molar-refractivity contribution in [1.29, 1.82) is 0 Å². The molecule has 0 amide bonds. The van der Waals surface area contributed by atoms with Crippen molar-refractivity contribution in [3.8, 4) is 0 Å². The molecule has 20 heavy (non-hydrogen) atoms. The molecule has 3 heteroatoms. The Morgan fingerprint density at radius 1 is 1.35 bits per heavy atom. The monoisotopic (exact) mass is 293 g/mol. The molecule has 0 spiro atoms. The van der Waals surface area contributed by atoms with Crippen LogP contribution in [0.5, 0.6) is 0 Å². The Balaban J connectivity index is 1.66. The smallest absolute Gasteiger partial charge is 0.0692 e. The summed E-state index contributed by atoms with van der Waals surface area (Å²) in [4.78, 5) is 1.53. The second-order valence-electron chi connectivity index (χ2n) is 6.43. The molecule has 112 valence electrons. The molecule has 1 saturated carbocycles. The van der Waals surface area contributed by atoms with Crippen LogP contribution in [0, 0.1) is 5.92 Å². The molecule has 1 N–H and O–H groups in total. The zero-order chi connectivity index (χ0) is 14.0. The number of thiophene rings is 1. The normalized spacial score (nSPS) is 27.4. The van der Waals surface area contributed by atoms with Crippen molar-refractivity contribution in [3.63, 3.8) is 0 Å². The van der Waals surface area contributed by atoms with E-state index in [4.69, 9.17) is 4.74 Å². The zero-order valence-corrected chi connectivity index (χ0v) is 13.5. The fraction of sp³-hybridized carbons (Fsp3) is 0.765. The standard InChI is InChI=1S/C17H27NOS/c1-3-17(4-2)12-14(9-10-19-17)18-16(13-7-8-13)15-6-5-11-20-15/h5-6,11,13-14,16,18H,3-4,7-10,12H2,1-2H3. The minimum atomic E-state index is 0.124. The molecule has 1 saturated heterocycles. The molecule has 0 aromatic carbocycles. The highest BCUT2D eigenvalue weighted by Gasteiger charge is 2.38. The van der Waals surface area contributed by atoms with Gasteiger partial charge in [0.25, 0.3) is 0 Å². The first kappa shape index (κ1) is 14.6. The van der Waals surface area contributed by atoms with E-state index in [0.29, 0.717) is 12.1 Å². The number of rotatable bonds is 6. The molecular weight excluding hydrogens is 266 g/mol. The molecule has 2 aliphatic rings. The Kier molecular flexibility index (Phi) is 4.49. The lowest BCUT2D eigenvalue weighted by Gasteiger charge is -2.41. The summed E-state index contributed by atoms with van der Waals surface area (Å²) in [6, 6.07) is 5.69. The topological polar surface area (TPSA) is 21.3 Å². The van der Waals surface area contributed by atoms with Crippen LogP contribution in [0.4, 0.5) is 0 Å². The third kappa shape index (κ3) is 3.10.